The molecule has 0 heterocycles. The van der Waals surface area contributed by atoms with Gasteiger partial charge in [-0.2, -0.15) is 4.31 Å². The van der Waals surface area contributed by atoms with Gasteiger partial charge in [0, 0.05) is 13.1 Å². The first-order valence-corrected chi connectivity index (χ1v) is 10.2. The fourth-order valence-electron chi connectivity index (χ4n) is 1.92. The Bertz CT molecular complexity index is 670. The van der Waals surface area contributed by atoms with Crippen LogP contribution in [0, 0.1) is 0 Å². The van der Waals surface area contributed by atoms with Crippen molar-refractivity contribution in [3.8, 4) is 0 Å². The average molecular weight is 346 g/mol. The van der Waals surface area contributed by atoms with Crippen LogP contribution in [0.15, 0.2) is 43.0 Å². The van der Waals surface area contributed by atoms with Crippen LogP contribution in [0.25, 0.3) is 0 Å². The molecule has 1 aromatic rings. The molecule has 0 aliphatic carbocycles. The predicted molar refractivity (Wildman–Crippen MR) is 88.0 cm³/mol. The van der Waals surface area contributed by atoms with Gasteiger partial charge in [-0.05, 0) is 18.4 Å². The lowest BCUT2D eigenvalue weighted by Crippen LogP contribution is -2.33. The summed E-state index contributed by atoms with van der Waals surface area (Å²) in [6, 6.07) is 9.27. The minimum absolute atomic E-state index is 0.108. The maximum Gasteiger partial charge on any atom is 0.214 e. The van der Waals surface area contributed by atoms with Gasteiger partial charge in [-0.3, -0.25) is 0 Å². The molecule has 6 nitrogen and oxygen atoms in total. The number of primary sulfonamides is 1. The number of benzene rings is 1. The van der Waals surface area contributed by atoms with E-state index in [0.717, 1.165) is 5.56 Å². The molecule has 1 rings (SSSR count). The number of hydrogen-bond donors (Lipinski definition) is 1. The van der Waals surface area contributed by atoms with Crippen LogP contribution in [-0.4, -0.2) is 39.2 Å². The summed E-state index contributed by atoms with van der Waals surface area (Å²) >= 11 is 0. The molecule has 0 unspecified atom stereocenters. The van der Waals surface area contributed by atoms with Crippen LogP contribution in [0.1, 0.15) is 18.4 Å². The minimum atomic E-state index is -3.55. The number of sulfonamides is 2. The van der Waals surface area contributed by atoms with E-state index in [1.807, 2.05) is 30.3 Å². The van der Waals surface area contributed by atoms with E-state index in [1.165, 1.54) is 10.4 Å². The largest absolute Gasteiger partial charge is 0.229 e. The topological polar surface area (TPSA) is 97.5 Å². The van der Waals surface area contributed by atoms with Crippen molar-refractivity contribution >= 4 is 20.0 Å². The fraction of sp³-hybridized carbons (Fsp3) is 0.429. The Kier molecular flexibility index (Phi) is 7.21. The molecule has 0 spiro atoms. The number of unbranched alkanes of at least 4 members (excludes halogenated alkanes) is 1. The smallest absolute Gasteiger partial charge is 0.214 e. The standard InChI is InChI=1S/C14H22N2O4S2/c1-2-10-16(13-14-8-4-3-5-9-14)22(19,20)12-7-6-11-21(15,17)18/h2-5,8-9H,1,6-7,10-13H2,(H2,15,17,18). The molecule has 22 heavy (non-hydrogen) atoms. The summed E-state index contributed by atoms with van der Waals surface area (Å²) in [5.41, 5.74) is 0.887. The molecule has 0 atom stereocenters. The summed E-state index contributed by atoms with van der Waals surface area (Å²) in [7, 11) is -7.02. The Hall–Kier alpha value is -1.22. The van der Waals surface area contributed by atoms with Gasteiger partial charge < -0.3 is 0 Å². The molecule has 0 fully saturated rings. The van der Waals surface area contributed by atoms with Crippen LogP contribution in [0.3, 0.4) is 0 Å². The summed E-state index contributed by atoms with van der Waals surface area (Å²) in [5, 5.41) is 4.89. The van der Waals surface area contributed by atoms with Gasteiger partial charge in [-0.1, -0.05) is 36.4 Å². The van der Waals surface area contributed by atoms with E-state index in [2.05, 4.69) is 6.58 Å². The summed E-state index contributed by atoms with van der Waals surface area (Å²) in [5.74, 6) is -0.314. The van der Waals surface area contributed by atoms with Gasteiger partial charge in [0.25, 0.3) is 0 Å². The molecule has 0 aromatic heterocycles. The second kappa shape index (κ2) is 8.42. The van der Waals surface area contributed by atoms with Gasteiger partial charge in [0.2, 0.25) is 20.0 Å². The highest BCUT2D eigenvalue weighted by atomic mass is 32.2. The molecule has 0 radical (unpaired) electrons. The zero-order chi connectivity index (χ0) is 16.6. The first-order chi connectivity index (χ1) is 10.2. The Morgan fingerprint density at radius 1 is 1.05 bits per heavy atom. The number of nitrogens with two attached hydrogens (primary N) is 1. The van der Waals surface area contributed by atoms with Gasteiger partial charge in [-0.25, -0.2) is 22.0 Å². The summed E-state index contributed by atoms with van der Waals surface area (Å²) in [6.45, 7) is 4.07. The molecular formula is C14H22N2O4S2. The van der Waals surface area contributed by atoms with Crippen LogP contribution >= 0.6 is 0 Å². The lowest BCUT2D eigenvalue weighted by atomic mass is 10.2. The number of rotatable bonds is 10. The molecule has 0 aliphatic heterocycles. The molecular weight excluding hydrogens is 324 g/mol. The molecule has 0 aliphatic rings. The van der Waals surface area contributed by atoms with Gasteiger partial charge in [0.1, 0.15) is 0 Å². The Balaban J connectivity index is 2.66. The van der Waals surface area contributed by atoms with Crippen molar-refractivity contribution in [2.45, 2.75) is 19.4 Å². The van der Waals surface area contributed by atoms with Crippen LogP contribution in [0.2, 0.25) is 0 Å². The maximum atomic E-state index is 12.3. The maximum absolute atomic E-state index is 12.3. The summed E-state index contributed by atoms with van der Waals surface area (Å²) in [4.78, 5) is 0. The molecule has 0 bridgehead atoms. The van der Waals surface area contributed by atoms with Crippen molar-refractivity contribution < 1.29 is 16.8 Å². The van der Waals surface area contributed by atoms with E-state index in [-0.39, 0.29) is 37.4 Å². The highest BCUT2D eigenvalue weighted by molar-refractivity contribution is 7.89. The first kappa shape index (κ1) is 18.8. The Morgan fingerprint density at radius 2 is 1.64 bits per heavy atom. The first-order valence-electron chi connectivity index (χ1n) is 6.88. The predicted octanol–water partition coefficient (Wildman–Crippen LogP) is 1.07. The fourth-order valence-corrected chi connectivity index (χ4v) is 4.04. The third-order valence-electron chi connectivity index (χ3n) is 3.01. The van der Waals surface area contributed by atoms with Crippen molar-refractivity contribution in [1.29, 1.82) is 0 Å². The van der Waals surface area contributed by atoms with Crippen LogP contribution in [0.4, 0.5) is 0 Å². The molecule has 0 amide bonds. The van der Waals surface area contributed by atoms with E-state index < -0.39 is 20.0 Å². The second-order valence-corrected chi connectivity index (χ2v) is 8.78. The SMILES string of the molecule is C=CCN(Cc1ccccc1)S(=O)(=O)CCCCS(N)(=O)=O. The van der Waals surface area contributed by atoms with E-state index in [9.17, 15) is 16.8 Å². The third kappa shape index (κ3) is 7.17. The lowest BCUT2D eigenvalue weighted by Gasteiger charge is -2.20. The highest BCUT2D eigenvalue weighted by Gasteiger charge is 2.21. The van der Waals surface area contributed by atoms with Crippen molar-refractivity contribution in [1.82, 2.24) is 4.31 Å². The normalized spacial score (nSPS) is 12.5. The van der Waals surface area contributed by atoms with Crippen LogP contribution < -0.4 is 5.14 Å². The van der Waals surface area contributed by atoms with Crippen molar-refractivity contribution in [3.63, 3.8) is 0 Å². The minimum Gasteiger partial charge on any atom is -0.229 e. The van der Waals surface area contributed by atoms with E-state index in [4.69, 9.17) is 5.14 Å². The van der Waals surface area contributed by atoms with Gasteiger partial charge in [-0.15, -0.1) is 6.58 Å². The third-order valence-corrected chi connectivity index (χ3v) is 5.74. The highest BCUT2D eigenvalue weighted by Crippen LogP contribution is 2.11. The van der Waals surface area contributed by atoms with E-state index in [0.29, 0.717) is 0 Å². The van der Waals surface area contributed by atoms with Gasteiger partial charge >= 0.3 is 0 Å². The van der Waals surface area contributed by atoms with Crippen LogP contribution in [-0.2, 0) is 26.6 Å². The van der Waals surface area contributed by atoms with Gasteiger partial charge in [0.15, 0.2) is 0 Å². The molecule has 0 saturated carbocycles. The Morgan fingerprint density at radius 3 is 2.18 bits per heavy atom. The monoisotopic (exact) mass is 346 g/mol. The van der Waals surface area contributed by atoms with Gasteiger partial charge in [0.05, 0.1) is 11.5 Å². The number of nitrogens with zero attached hydrogens (tertiary/aromatic N) is 1. The van der Waals surface area contributed by atoms with E-state index >= 15 is 0 Å². The Labute approximate surface area is 132 Å². The molecule has 2 N–H and O–H groups in total. The molecule has 0 saturated heterocycles. The van der Waals surface area contributed by atoms with Crippen LogP contribution in [0.5, 0.6) is 0 Å². The summed E-state index contributed by atoms with van der Waals surface area (Å²) < 4.78 is 47.7. The van der Waals surface area contributed by atoms with E-state index in [1.54, 1.807) is 0 Å². The molecule has 8 heteroatoms. The zero-order valence-electron chi connectivity index (χ0n) is 12.4. The molecule has 1 aromatic carbocycles. The second-order valence-electron chi connectivity index (χ2n) is 4.96. The van der Waals surface area contributed by atoms with Crippen molar-refractivity contribution in [2.24, 2.45) is 5.14 Å². The quantitative estimate of drug-likeness (QED) is 0.506. The number of hydrogen-bond acceptors (Lipinski definition) is 4. The van der Waals surface area contributed by atoms with Crippen molar-refractivity contribution in [2.75, 3.05) is 18.1 Å². The lowest BCUT2D eigenvalue weighted by molar-refractivity contribution is 0.437. The average Bonchev–Trinajstić information content (AvgIpc) is 2.43. The summed E-state index contributed by atoms with van der Waals surface area (Å²) in [6.07, 6.45) is 2.01. The zero-order valence-corrected chi connectivity index (χ0v) is 14.0. The molecule has 124 valence electrons. The van der Waals surface area contributed by atoms with Crippen molar-refractivity contribution in [3.05, 3.63) is 48.6 Å².